The standard InChI is InChI=1S/C21H35N7/c22-19(26-14-16-27(17-15-26)20-23-10-7-11-24-20)25-18-21(8-3-1-4-9-21)28-12-5-2-6-13-28/h7,10-11H,1-6,8-9,12-18H2,(H2,22,25). The Morgan fingerprint density at radius 1 is 0.893 bits per heavy atom. The highest BCUT2D eigenvalue weighted by Crippen LogP contribution is 2.36. The number of hydrogen-bond donors (Lipinski definition) is 1. The first-order chi connectivity index (χ1) is 13.8. The highest BCUT2D eigenvalue weighted by molar-refractivity contribution is 5.78. The van der Waals surface area contributed by atoms with Gasteiger partial charge < -0.3 is 15.5 Å². The van der Waals surface area contributed by atoms with Crippen molar-refractivity contribution in [1.82, 2.24) is 19.8 Å². The van der Waals surface area contributed by atoms with E-state index in [-0.39, 0.29) is 5.54 Å². The lowest BCUT2D eigenvalue weighted by Crippen LogP contribution is -2.55. The molecule has 4 rings (SSSR count). The number of rotatable bonds is 4. The minimum atomic E-state index is 0.253. The van der Waals surface area contributed by atoms with E-state index in [2.05, 4.69) is 24.7 Å². The largest absolute Gasteiger partial charge is 0.370 e. The monoisotopic (exact) mass is 385 g/mol. The van der Waals surface area contributed by atoms with E-state index in [1.165, 1.54) is 64.5 Å². The van der Waals surface area contributed by atoms with Crippen molar-refractivity contribution in [1.29, 1.82) is 0 Å². The van der Waals surface area contributed by atoms with Gasteiger partial charge in [0.1, 0.15) is 0 Å². The number of guanidine groups is 1. The molecular weight excluding hydrogens is 350 g/mol. The van der Waals surface area contributed by atoms with Crippen LogP contribution < -0.4 is 10.6 Å². The van der Waals surface area contributed by atoms with Crippen molar-refractivity contribution in [3.63, 3.8) is 0 Å². The van der Waals surface area contributed by atoms with E-state index in [0.29, 0.717) is 0 Å². The molecule has 28 heavy (non-hydrogen) atoms. The highest BCUT2D eigenvalue weighted by atomic mass is 15.4. The van der Waals surface area contributed by atoms with Gasteiger partial charge in [-0.15, -0.1) is 0 Å². The van der Waals surface area contributed by atoms with Gasteiger partial charge in [0.15, 0.2) is 5.96 Å². The number of piperidine rings is 1. The molecule has 0 bridgehead atoms. The van der Waals surface area contributed by atoms with Crippen LogP contribution in [-0.4, -0.2) is 77.1 Å². The van der Waals surface area contributed by atoms with E-state index < -0.39 is 0 Å². The van der Waals surface area contributed by atoms with Gasteiger partial charge in [0.25, 0.3) is 0 Å². The summed E-state index contributed by atoms with van der Waals surface area (Å²) in [6.07, 6.45) is 14.3. The number of hydrogen-bond acceptors (Lipinski definition) is 5. The molecule has 0 aromatic carbocycles. The van der Waals surface area contributed by atoms with Gasteiger partial charge in [-0.2, -0.15) is 0 Å². The third-order valence-corrected chi connectivity index (χ3v) is 6.79. The summed E-state index contributed by atoms with van der Waals surface area (Å²) in [6, 6.07) is 1.85. The van der Waals surface area contributed by atoms with E-state index in [1.807, 2.05) is 6.07 Å². The second-order valence-electron chi connectivity index (χ2n) is 8.53. The maximum atomic E-state index is 6.45. The van der Waals surface area contributed by atoms with E-state index >= 15 is 0 Å². The second kappa shape index (κ2) is 9.07. The molecule has 154 valence electrons. The lowest BCUT2D eigenvalue weighted by atomic mass is 9.79. The number of aliphatic imine (C=N–C) groups is 1. The number of piperazine rings is 1. The molecule has 0 spiro atoms. The van der Waals surface area contributed by atoms with E-state index in [1.54, 1.807) is 12.4 Å². The van der Waals surface area contributed by atoms with Crippen LogP contribution in [0.1, 0.15) is 51.4 Å². The Balaban J connectivity index is 1.36. The molecule has 2 saturated heterocycles. The van der Waals surface area contributed by atoms with Gasteiger partial charge in [0.2, 0.25) is 5.95 Å². The minimum Gasteiger partial charge on any atom is -0.370 e. The molecular formula is C21H35N7. The Labute approximate surface area is 169 Å². The quantitative estimate of drug-likeness (QED) is 0.632. The maximum absolute atomic E-state index is 6.45. The van der Waals surface area contributed by atoms with Crippen LogP contribution in [0.2, 0.25) is 0 Å². The summed E-state index contributed by atoms with van der Waals surface area (Å²) in [5, 5.41) is 0. The van der Waals surface area contributed by atoms with Crippen LogP contribution in [0.5, 0.6) is 0 Å². The van der Waals surface area contributed by atoms with Crippen LogP contribution in [0.4, 0.5) is 5.95 Å². The molecule has 1 saturated carbocycles. The fourth-order valence-corrected chi connectivity index (χ4v) is 5.07. The Kier molecular flexibility index (Phi) is 6.29. The molecule has 3 heterocycles. The van der Waals surface area contributed by atoms with Crippen molar-refractivity contribution in [2.45, 2.75) is 56.9 Å². The molecule has 0 amide bonds. The lowest BCUT2D eigenvalue weighted by Gasteiger charge is -2.47. The van der Waals surface area contributed by atoms with Crippen LogP contribution >= 0.6 is 0 Å². The van der Waals surface area contributed by atoms with Gasteiger partial charge in [0, 0.05) is 44.1 Å². The summed E-state index contributed by atoms with van der Waals surface area (Å²) >= 11 is 0. The number of nitrogens with two attached hydrogens (primary N) is 1. The normalized spacial score (nSPS) is 24.4. The van der Waals surface area contributed by atoms with Gasteiger partial charge >= 0.3 is 0 Å². The summed E-state index contributed by atoms with van der Waals surface area (Å²) in [5.74, 6) is 1.53. The third-order valence-electron chi connectivity index (χ3n) is 6.79. The summed E-state index contributed by atoms with van der Waals surface area (Å²) in [6.45, 7) is 6.88. The van der Waals surface area contributed by atoms with Crippen LogP contribution in [0, 0.1) is 0 Å². The van der Waals surface area contributed by atoms with Crippen molar-refractivity contribution < 1.29 is 0 Å². The Morgan fingerprint density at radius 2 is 1.54 bits per heavy atom. The average molecular weight is 386 g/mol. The predicted molar refractivity (Wildman–Crippen MR) is 114 cm³/mol. The Morgan fingerprint density at radius 3 is 2.21 bits per heavy atom. The fraction of sp³-hybridized carbons (Fsp3) is 0.762. The van der Waals surface area contributed by atoms with E-state index in [0.717, 1.165) is 44.6 Å². The summed E-state index contributed by atoms with van der Waals surface area (Å²) in [5.41, 5.74) is 6.70. The first-order valence-electron chi connectivity index (χ1n) is 11.1. The molecule has 1 aliphatic carbocycles. The molecule has 7 nitrogen and oxygen atoms in total. The second-order valence-corrected chi connectivity index (χ2v) is 8.53. The SMILES string of the molecule is NC(=NCC1(N2CCCCC2)CCCCC1)N1CCN(c2ncccn2)CC1. The third kappa shape index (κ3) is 4.40. The first kappa shape index (κ1) is 19.4. The smallest absolute Gasteiger partial charge is 0.225 e. The number of nitrogens with zero attached hydrogens (tertiary/aromatic N) is 6. The van der Waals surface area contributed by atoms with Crippen LogP contribution in [0.3, 0.4) is 0 Å². The fourth-order valence-electron chi connectivity index (χ4n) is 5.07. The zero-order valence-electron chi connectivity index (χ0n) is 17.1. The van der Waals surface area contributed by atoms with Gasteiger partial charge in [-0.05, 0) is 44.8 Å². The van der Waals surface area contributed by atoms with E-state index in [4.69, 9.17) is 10.7 Å². The van der Waals surface area contributed by atoms with Gasteiger partial charge in [0.05, 0.1) is 6.54 Å². The summed E-state index contributed by atoms with van der Waals surface area (Å²) in [7, 11) is 0. The maximum Gasteiger partial charge on any atom is 0.225 e. The van der Waals surface area contributed by atoms with Crippen molar-refractivity contribution in [2.75, 3.05) is 50.7 Å². The molecule has 0 unspecified atom stereocenters. The van der Waals surface area contributed by atoms with Crippen molar-refractivity contribution in [2.24, 2.45) is 10.7 Å². The highest BCUT2D eigenvalue weighted by Gasteiger charge is 2.38. The minimum absolute atomic E-state index is 0.253. The van der Waals surface area contributed by atoms with Crippen LogP contribution in [0.15, 0.2) is 23.5 Å². The molecule has 1 aromatic heterocycles. The van der Waals surface area contributed by atoms with Gasteiger partial charge in [-0.1, -0.05) is 25.7 Å². The first-order valence-corrected chi connectivity index (χ1v) is 11.1. The summed E-state index contributed by atoms with van der Waals surface area (Å²) < 4.78 is 0. The van der Waals surface area contributed by atoms with E-state index in [9.17, 15) is 0 Å². The molecule has 3 fully saturated rings. The summed E-state index contributed by atoms with van der Waals surface area (Å²) in [4.78, 5) is 20.9. The van der Waals surface area contributed by atoms with Crippen LogP contribution in [0.25, 0.3) is 0 Å². The molecule has 0 radical (unpaired) electrons. The van der Waals surface area contributed by atoms with Gasteiger partial charge in [-0.3, -0.25) is 9.89 Å². The average Bonchev–Trinajstić information content (AvgIpc) is 2.79. The molecule has 1 aromatic rings. The molecule has 2 aliphatic heterocycles. The topological polar surface area (TPSA) is 73.9 Å². The number of anilines is 1. The van der Waals surface area contributed by atoms with Crippen molar-refractivity contribution >= 4 is 11.9 Å². The van der Waals surface area contributed by atoms with Crippen molar-refractivity contribution in [3.05, 3.63) is 18.5 Å². The number of likely N-dealkylation sites (tertiary alicyclic amines) is 1. The van der Waals surface area contributed by atoms with Crippen LogP contribution in [-0.2, 0) is 0 Å². The molecule has 2 N–H and O–H groups in total. The Bertz CT molecular complexity index is 627. The molecule has 3 aliphatic rings. The predicted octanol–water partition coefficient (Wildman–Crippen LogP) is 2.10. The number of aromatic nitrogens is 2. The molecule has 7 heteroatoms. The molecule has 0 atom stereocenters. The zero-order chi connectivity index (χ0) is 19.2. The Hall–Kier alpha value is -1.89. The lowest BCUT2D eigenvalue weighted by molar-refractivity contribution is 0.0406. The van der Waals surface area contributed by atoms with Crippen molar-refractivity contribution in [3.8, 4) is 0 Å². The van der Waals surface area contributed by atoms with Gasteiger partial charge in [-0.25, -0.2) is 9.97 Å². The zero-order valence-corrected chi connectivity index (χ0v) is 17.1.